The number of carbonyl (C=O) groups is 1. The third kappa shape index (κ3) is 3.42. The zero-order valence-corrected chi connectivity index (χ0v) is 13.9. The van der Waals surface area contributed by atoms with Gasteiger partial charge in [0.2, 0.25) is 0 Å². The highest BCUT2D eigenvalue weighted by atomic mass is 16.5. The molecule has 7 heteroatoms. The molecule has 24 heavy (non-hydrogen) atoms. The second-order valence-electron chi connectivity index (χ2n) is 5.64. The van der Waals surface area contributed by atoms with Crippen molar-refractivity contribution in [2.45, 2.75) is 12.1 Å². The minimum atomic E-state index is -0.503. The second-order valence-corrected chi connectivity index (χ2v) is 5.64. The van der Waals surface area contributed by atoms with Crippen LogP contribution in [-0.2, 0) is 16.6 Å². The lowest BCUT2D eigenvalue weighted by Gasteiger charge is -2.26. The van der Waals surface area contributed by atoms with Crippen molar-refractivity contribution in [3.8, 4) is 5.75 Å². The van der Waals surface area contributed by atoms with E-state index in [0.717, 1.165) is 17.9 Å². The van der Waals surface area contributed by atoms with Gasteiger partial charge in [0.05, 0.1) is 13.7 Å². The fraction of sp³-hybridized carbons (Fsp3) is 0.412. The molecule has 1 aliphatic rings. The molecule has 0 unspecified atom stereocenters. The van der Waals surface area contributed by atoms with Crippen LogP contribution in [0.25, 0.3) is 0 Å². The summed E-state index contributed by atoms with van der Waals surface area (Å²) >= 11 is 0. The first-order valence-corrected chi connectivity index (χ1v) is 7.93. The smallest absolute Gasteiger partial charge is 0.251 e. The quantitative estimate of drug-likeness (QED) is 0.840. The van der Waals surface area contributed by atoms with E-state index < -0.39 is 12.1 Å². The first-order chi connectivity index (χ1) is 11.7. The van der Waals surface area contributed by atoms with Gasteiger partial charge < -0.3 is 24.7 Å². The first-order valence-electron chi connectivity index (χ1n) is 7.93. The Morgan fingerprint density at radius 1 is 1.50 bits per heavy atom. The molecule has 0 aliphatic carbocycles. The van der Waals surface area contributed by atoms with E-state index in [-0.39, 0.29) is 5.91 Å². The van der Waals surface area contributed by atoms with Crippen LogP contribution in [0.1, 0.15) is 17.4 Å². The van der Waals surface area contributed by atoms with Gasteiger partial charge in [-0.1, -0.05) is 18.2 Å². The third-order valence-electron chi connectivity index (χ3n) is 4.07. The lowest BCUT2D eigenvalue weighted by molar-refractivity contribution is -0.134. The van der Waals surface area contributed by atoms with Crippen LogP contribution in [0.4, 0.5) is 0 Å². The molecule has 1 aromatic carbocycles. The average Bonchev–Trinajstić information content (AvgIpc) is 3.06. The number of amides is 1. The Bertz CT molecular complexity index is 695. The predicted molar refractivity (Wildman–Crippen MR) is 88.8 cm³/mol. The fourth-order valence-electron chi connectivity index (χ4n) is 2.81. The van der Waals surface area contributed by atoms with Gasteiger partial charge >= 0.3 is 0 Å². The first kappa shape index (κ1) is 16.5. The average molecular weight is 330 g/mol. The van der Waals surface area contributed by atoms with Crippen molar-refractivity contribution < 1.29 is 14.3 Å². The Hall–Kier alpha value is -2.38. The summed E-state index contributed by atoms with van der Waals surface area (Å²) in [5.74, 6) is 1.27. The number of hydrogen-bond donors (Lipinski definition) is 2. The Kier molecular flexibility index (Phi) is 5.12. The summed E-state index contributed by atoms with van der Waals surface area (Å²) in [5.41, 5.74) is 0.853. The van der Waals surface area contributed by atoms with Gasteiger partial charge in [-0.05, 0) is 6.07 Å². The van der Waals surface area contributed by atoms with E-state index in [0.29, 0.717) is 18.9 Å². The maximum Gasteiger partial charge on any atom is 0.251 e. The number of ether oxygens (including phenoxy) is 2. The maximum absolute atomic E-state index is 12.6. The summed E-state index contributed by atoms with van der Waals surface area (Å²) < 4.78 is 12.9. The van der Waals surface area contributed by atoms with Gasteiger partial charge in [-0.25, -0.2) is 4.98 Å². The number of benzene rings is 1. The zero-order chi connectivity index (χ0) is 16.9. The van der Waals surface area contributed by atoms with Crippen LogP contribution in [-0.4, -0.2) is 48.4 Å². The monoisotopic (exact) mass is 330 g/mol. The number of para-hydroxylation sites is 1. The van der Waals surface area contributed by atoms with E-state index in [1.807, 2.05) is 42.1 Å². The predicted octanol–water partition coefficient (Wildman–Crippen LogP) is 0.623. The standard InChI is InChI=1S/C17H22N4O3/c1-21-9-7-19-16(21)15(12-5-3-4-6-13(12)23-2)20-17(22)14-11-18-8-10-24-14/h3-7,9,14-15,18H,8,10-11H2,1-2H3,(H,20,22)/t14-,15+/m0/s1. The Morgan fingerprint density at radius 3 is 3.00 bits per heavy atom. The highest BCUT2D eigenvalue weighted by Gasteiger charge is 2.28. The molecule has 1 aliphatic heterocycles. The largest absolute Gasteiger partial charge is 0.496 e. The summed E-state index contributed by atoms with van der Waals surface area (Å²) in [4.78, 5) is 17.0. The van der Waals surface area contributed by atoms with Crippen LogP contribution in [0, 0.1) is 0 Å². The highest BCUT2D eigenvalue weighted by Crippen LogP contribution is 2.29. The van der Waals surface area contributed by atoms with E-state index in [9.17, 15) is 4.79 Å². The van der Waals surface area contributed by atoms with E-state index >= 15 is 0 Å². The summed E-state index contributed by atoms with van der Waals surface area (Å²) in [6, 6.07) is 7.19. The van der Waals surface area contributed by atoms with Gasteiger partial charge in [0, 0.05) is 38.1 Å². The van der Waals surface area contributed by atoms with Gasteiger partial charge in [0.15, 0.2) is 0 Å². The Morgan fingerprint density at radius 2 is 2.33 bits per heavy atom. The van der Waals surface area contributed by atoms with Gasteiger partial charge in [0.1, 0.15) is 23.7 Å². The van der Waals surface area contributed by atoms with E-state index in [1.54, 1.807) is 13.3 Å². The Balaban J connectivity index is 1.91. The topological polar surface area (TPSA) is 77.4 Å². The zero-order valence-electron chi connectivity index (χ0n) is 13.9. The maximum atomic E-state index is 12.6. The third-order valence-corrected chi connectivity index (χ3v) is 4.07. The number of hydrogen-bond acceptors (Lipinski definition) is 5. The molecule has 0 spiro atoms. The molecule has 1 aromatic heterocycles. The normalized spacial score (nSPS) is 18.8. The molecule has 1 fully saturated rings. The molecule has 2 heterocycles. The lowest BCUT2D eigenvalue weighted by Crippen LogP contribution is -2.49. The van der Waals surface area contributed by atoms with Crippen LogP contribution < -0.4 is 15.4 Å². The van der Waals surface area contributed by atoms with Crippen molar-refractivity contribution >= 4 is 5.91 Å². The summed E-state index contributed by atoms with van der Waals surface area (Å²) in [6.45, 7) is 1.80. The highest BCUT2D eigenvalue weighted by molar-refractivity contribution is 5.82. The SMILES string of the molecule is COc1ccccc1[C@@H](NC(=O)[C@@H]1CNCCO1)c1nccn1C. The van der Waals surface area contributed by atoms with Crippen molar-refractivity contribution in [2.75, 3.05) is 26.8 Å². The van der Waals surface area contributed by atoms with E-state index in [4.69, 9.17) is 9.47 Å². The number of nitrogens with zero attached hydrogens (tertiary/aromatic N) is 2. The fourth-order valence-corrected chi connectivity index (χ4v) is 2.81. The van der Waals surface area contributed by atoms with Crippen LogP contribution in [0.5, 0.6) is 5.75 Å². The number of morpholine rings is 1. The van der Waals surface area contributed by atoms with Crippen LogP contribution in [0.2, 0.25) is 0 Å². The van der Waals surface area contributed by atoms with E-state index in [1.165, 1.54) is 0 Å². The van der Waals surface area contributed by atoms with Crippen molar-refractivity contribution in [3.05, 3.63) is 48.0 Å². The summed E-state index contributed by atoms with van der Waals surface area (Å²) in [7, 11) is 3.51. The molecule has 0 bridgehead atoms. The van der Waals surface area contributed by atoms with Gasteiger partial charge in [0.25, 0.3) is 5.91 Å². The molecular weight excluding hydrogens is 308 g/mol. The van der Waals surface area contributed by atoms with Crippen LogP contribution >= 0.6 is 0 Å². The molecule has 1 amide bonds. The van der Waals surface area contributed by atoms with Crippen LogP contribution in [0.15, 0.2) is 36.7 Å². The van der Waals surface area contributed by atoms with E-state index in [2.05, 4.69) is 15.6 Å². The minimum absolute atomic E-state index is 0.166. The Labute approximate surface area is 141 Å². The molecule has 2 aromatic rings. The number of rotatable bonds is 5. The number of aryl methyl sites for hydroxylation is 1. The number of imidazole rings is 1. The summed E-state index contributed by atoms with van der Waals surface area (Å²) in [5, 5.41) is 6.22. The molecule has 3 rings (SSSR count). The van der Waals surface area contributed by atoms with Crippen molar-refractivity contribution in [1.29, 1.82) is 0 Å². The van der Waals surface area contributed by atoms with Gasteiger partial charge in [-0.15, -0.1) is 0 Å². The summed E-state index contributed by atoms with van der Waals surface area (Å²) in [6.07, 6.45) is 3.06. The molecule has 2 N–H and O–H groups in total. The molecule has 2 atom stereocenters. The van der Waals surface area contributed by atoms with Crippen LogP contribution in [0.3, 0.4) is 0 Å². The van der Waals surface area contributed by atoms with Crippen molar-refractivity contribution in [2.24, 2.45) is 7.05 Å². The number of aromatic nitrogens is 2. The van der Waals surface area contributed by atoms with Gasteiger partial charge in [-0.2, -0.15) is 0 Å². The number of carbonyl (C=O) groups excluding carboxylic acids is 1. The molecule has 0 saturated carbocycles. The number of methoxy groups -OCH3 is 1. The van der Waals surface area contributed by atoms with Gasteiger partial charge in [-0.3, -0.25) is 4.79 Å². The molecule has 1 saturated heterocycles. The minimum Gasteiger partial charge on any atom is -0.496 e. The lowest BCUT2D eigenvalue weighted by atomic mass is 10.0. The second kappa shape index (κ2) is 7.46. The van der Waals surface area contributed by atoms with Crippen molar-refractivity contribution in [3.63, 3.8) is 0 Å². The molecular formula is C17H22N4O3. The van der Waals surface area contributed by atoms with Crippen molar-refractivity contribution in [1.82, 2.24) is 20.2 Å². The molecule has 0 radical (unpaired) electrons. The number of nitrogens with one attached hydrogen (secondary N) is 2. The molecule has 128 valence electrons. The molecule has 7 nitrogen and oxygen atoms in total.